The van der Waals surface area contributed by atoms with E-state index in [4.69, 9.17) is 4.74 Å². The molecule has 2 N–H and O–H groups in total. The summed E-state index contributed by atoms with van der Waals surface area (Å²) in [5, 5.41) is 5.59. The van der Waals surface area contributed by atoms with Crippen molar-refractivity contribution in [3.05, 3.63) is 12.7 Å². The van der Waals surface area contributed by atoms with Crippen LogP contribution in [0.15, 0.2) is 12.7 Å². The number of amides is 2. The summed E-state index contributed by atoms with van der Waals surface area (Å²) in [6.07, 6.45) is 3.26. The molecule has 7 heteroatoms. The number of unbranched alkanes of at least 4 members (excludes halogenated alkanes) is 1. The average Bonchev–Trinajstić information content (AvgIpc) is 2.49. The molecule has 1 saturated heterocycles. The van der Waals surface area contributed by atoms with Gasteiger partial charge in [0.1, 0.15) is 6.04 Å². The first-order valence-electron chi connectivity index (χ1n) is 7.64. The van der Waals surface area contributed by atoms with Crippen LogP contribution >= 0.6 is 0 Å². The van der Waals surface area contributed by atoms with Crippen LogP contribution in [-0.4, -0.2) is 61.5 Å². The quantitative estimate of drug-likeness (QED) is 0.350. The fourth-order valence-electron chi connectivity index (χ4n) is 2.15. The number of carbonyl (C=O) groups is 3. The molecule has 1 fully saturated rings. The maximum atomic E-state index is 12.2. The molecule has 0 spiro atoms. The average molecular weight is 311 g/mol. The standard InChI is InChI=1S/C15H25N3O4/c1-3-5-9-22-14(20)10-12-15(21)17-7-8-18(12)13(19)11-16-6-4-2/h4,12,16H,2-3,5-11H2,1H3,(H,17,21). The van der Waals surface area contributed by atoms with E-state index < -0.39 is 12.0 Å². The Balaban J connectivity index is 2.56. The zero-order valence-corrected chi connectivity index (χ0v) is 13.1. The smallest absolute Gasteiger partial charge is 0.308 e. The van der Waals surface area contributed by atoms with Gasteiger partial charge in [-0.25, -0.2) is 0 Å². The van der Waals surface area contributed by atoms with Gasteiger partial charge >= 0.3 is 5.97 Å². The van der Waals surface area contributed by atoms with Gasteiger partial charge in [-0.3, -0.25) is 14.4 Å². The summed E-state index contributed by atoms with van der Waals surface area (Å²) in [5.74, 6) is -0.967. The molecule has 0 aromatic rings. The molecule has 1 unspecified atom stereocenters. The Morgan fingerprint density at radius 1 is 1.55 bits per heavy atom. The summed E-state index contributed by atoms with van der Waals surface area (Å²) in [7, 11) is 0. The first-order valence-corrected chi connectivity index (χ1v) is 7.64. The Morgan fingerprint density at radius 2 is 2.32 bits per heavy atom. The molecule has 7 nitrogen and oxygen atoms in total. The van der Waals surface area contributed by atoms with Gasteiger partial charge in [-0.2, -0.15) is 0 Å². The van der Waals surface area contributed by atoms with Gasteiger partial charge in [-0.15, -0.1) is 6.58 Å². The Kier molecular flexibility index (Phi) is 8.21. The van der Waals surface area contributed by atoms with E-state index in [0.29, 0.717) is 26.2 Å². The fraction of sp³-hybridized carbons (Fsp3) is 0.667. The number of nitrogens with one attached hydrogen (secondary N) is 2. The highest BCUT2D eigenvalue weighted by atomic mass is 16.5. The number of carbonyl (C=O) groups excluding carboxylic acids is 3. The third-order valence-corrected chi connectivity index (χ3v) is 3.34. The second-order valence-corrected chi connectivity index (χ2v) is 5.09. The highest BCUT2D eigenvalue weighted by molar-refractivity contribution is 5.92. The van der Waals surface area contributed by atoms with Crippen LogP contribution in [0.4, 0.5) is 0 Å². The van der Waals surface area contributed by atoms with E-state index >= 15 is 0 Å². The number of esters is 1. The van der Waals surface area contributed by atoms with Gasteiger partial charge in [0, 0.05) is 19.6 Å². The zero-order valence-electron chi connectivity index (χ0n) is 13.1. The molecule has 0 bridgehead atoms. The second kappa shape index (κ2) is 9.94. The van der Waals surface area contributed by atoms with Crippen molar-refractivity contribution in [1.29, 1.82) is 0 Å². The van der Waals surface area contributed by atoms with Crippen LogP contribution in [0.3, 0.4) is 0 Å². The second-order valence-electron chi connectivity index (χ2n) is 5.09. The molecule has 0 aromatic carbocycles. The van der Waals surface area contributed by atoms with Crippen molar-refractivity contribution >= 4 is 17.8 Å². The molecular formula is C15H25N3O4. The van der Waals surface area contributed by atoms with Crippen molar-refractivity contribution < 1.29 is 19.1 Å². The summed E-state index contributed by atoms with van der Waals surface area (Å²) >= 11 is 0. The lowest BCUT2D eigenvalue weighted by atomic mass is 10.1. The van der Waals surface area contributed by atoms with E-state index in [9.17, 15) is 14.4 Å². The minimum absolute atomic E-state index is 0.108. The van der Waals surface area contributed by atoms with Crippen molar-refractivity contribution in [3.63, 3.8) is 0 Å². The lowest BCUT2D eigenvalue weighted by Crippen LogP contribution is -2.59. The Labute approximate surface area is 131 Å². The molecule has 124 valence electrons. The molecule has 0 aromatic heterocycles. The van der Waals surface area contributed by atoms with Crippen molar-refractivity contribution in [1.82, 2.24) is 15.5 Å². The van der Waals surface area contributed by atoms with Crippen molar-refractivity contribution in [2.24, 2.45) is 0 Å². The number of rotatable bonds is 9. The third-order valence-electron chi connectivity index (χ3n) is 3.34. The number of ether oxygens (including phenoxy) is 1. The molecule has 0 radical (unpaired) electrons. The molecule has 1 rings (SSSR count). The van der Waals surface area contributed by atoms with E-state index in [2.05, 4.69) is 17.2 Å². The molecule has 1 aliphatic heterocycles. The lowest BCUT2D eigenvalue weighted by Gasteiger charge is -2.34. The number of hydrogen-bond donors (Lipinski definition) is 2. The van der Waals surface area contributed by atoms with Gasteiger partial charge in [0.05, 0.1) is 19.6 Å². The van der Waals surface area contributed by atoms with E-state index in [1.807, 2.05) is 6.92 Å². The molecule has 2 amide bonds. The molecule has 0 aliphatic carbocycles. The normalized spacial score (nSPS) is 17.8. The Morgan fingerprint density at radius 3 is 3.00 bits per heavy atom. The topological polar surface area (TPSA) is 87.7 Å². The lowest BCUT2D eigenvalue weighted by molar-refractivity contribution is -0.151. The number of hydrogen-bond acceptors (Lipinski definition) is 5. The van der Waals surface area contributed by atoms with Crippen LogP contribution in [0.5, 0.6) is 0 Å². The summed E-state index contributed by atoms with van der Waals surface area (Å²) in [4.78, 5) is 37.4. The van der Waals surface area contributed by atoms with Crippen LogP contribution in [0.25, 0.3) is 0 Å². The number of nitrogens with zero attached hydrogens (tertiary/aromatic N) is 1. The van der Waals surface area contributed by atoms with Crippen molar-refractivity contribution in [2.45, 2.75) is 32.2 Å². The maximum absolute atomic E-state index is 12.2. The first kappa shape index (κ1) is 18.2. The van der Waals surface area contributed by atoms with Crippen molar-refractivity contribution in [2.75, 3.05) is 32.8 Å². The maximum Gasteiger partial charge on any atom is 0.308 e. The predicted molar refractivity (Wildman–Crippen MR) is 82.1 cm³/mol. The van der Waals surface area contributed by atoms with Crippen LogP contribution in [0.2, 0.25) is 0 Å². The minimum Gasteiger partial charge on any atom is -0.466 e. The zero-order chi connectivity index (χ0) is 16.4. The van der Waals surface area contributed by atoms with Gasteiger partial charge in [0.15, 0.2) is 0 Å². The Bertz CT molecular complexity index is 412. The van der Waals surface area contributed by atoms with E-state index in [1.54, 1.807) is 6.08 Å². The minimum atomic E-state index is -0.791. The molecule has 1 heterocycles. The van der Waals surface area contributed by atoms with E-state index in [0.717, 1.165) is 12.8 Å². The summed E-state index contributed by atoms with van der Waals surface area (Å²) in [6.45, 7) is 7.32. The summed E-state index contributed by atoms with van der Waals surface area (Å²) < 4.78 is 5.07. The molecule has 1 aliphatic rings. The largest absolute Gasteiger partial charge is 0.466 e. The first-order chi connectivity index (χ1) is 10.6. The van der Waals surface area contributed by atoms with Gasteiger partial charge in [-0.05, 0) is 6.42 Å². The molecular weight excluding hydrogens is 286 g/mol. The van der Waals surface area contributed by atoms with Crippen LogP contribution in [0, 0.1) is 0 Å². The third kappa shape index (κ3) is 5.85. The fourth-order valence-corrected chi connectivity index (χ4v) is 2.15. The van der Waals surface area contributed by atoms with Crippen LogP contribution < -0.4 is 10.6 Å². The monoisotopic (exact) mass is 311 g/mol. The van der Waals surface area contributed by atoms with Gasteiger partial charge < -0.3 is 20.3 Å². The highest BCUT2D eigenvalue weighted by Crippen LogP contribution is 2.10. The highest BCUT2D eigenvalue weighted by Gasteiger charge is 2.34. The number of piperazine rings is 1. The van der Waals surface area contributed by atoms with Crippen molar-refractivity contribution in [3.8, 4) is 0 Å². The SMILES string of the molecule is C=CCNCC(=O)N1CCNC(=O)C1CC(=O)OCCCC. The molecule has 22 heavy (non-hydrogen) atoms. The van der Waals surface area contributed by atoms with Crippen LogP contribution in [0.1, 0.15) is 26.2 Å². The molecule has 1 atom stereocenters. The summed E-state index contributed by atoms with van der Waals surface area (Å²) in [5.41, 5.74) is 0. The summed E-state index contributed by atoms with van der Waals surface area (Å²) in [6, 6.07) is -0.791. The van der Waals surface area contributed by atoms with Gasteiger partial charge in [0.25, 0.3) is 0 Å². The predicted octanol–water partition coefficient (Wildman–Crippen LogP) is -0.178. The Hall–Kier alpha value is -1.89. The van der Waals surface area contributed by atoms with E-state index in [-0.39, 0.29) is 24.8 Å². The van der Waals surface area contributed by atoms with E-state index in [1.165, 1.54) is 4.90 Å². The molecule has 0 saturated carbocycles. The van der Waals surface area contributed by atoms with Gasteiger partial charge in [0.2, 0.25) is 11.8 Å². The van der Waals surface area contributed by atoms with Crippen LogP contribution in [-0.2, 0) is 19.1 Å². The van der Waals surface area contributed by atoms with Gasteiger partial charge in [-0.1, -0.05) is 19.4 Å².